The number of hydrogen-bond acceptors (Lipinski definition) is 2. The largest absolute Gasteiger partial charge is 0.302 e. The van der Waals surface area contributed by atoms with Crippen LogP contribution in [0.2, 0.25) is 0 Å². The van der Waals surface area contributed by atoms with Crippen LogP contribution in [-0.2, 0) is 0 Å². The molecule has 1 atom stereocenters. The van der Waals surface area contributed by atoms with E-state index in [9.17, 15) is 0 Å². The molecule has 1 N–H and O–H groups in total. The monoisotopic (exact) mass is 168 g/mol. The summed E-state index contributed by atoms with van der Waals surface area (Å²) >= 11 is 0. The fourth-order valence-corrected chi connectivity index (χ4v) is 2.64. The SMILES string of the molecule is CC1(C)CCCN1[C@H]1CCCN1. The molecule has 2 aliphatic heterocycles. The molecule has 2 saturated heterocycles. The topological polar surface area (TPSA) is 15.3 Å². The van der Waals surface area contributed by atoms with Crippen LogP contribution < -0.4 is 5.32 Å². The van der Waals surface area contributed by atoms with Crippen LogP contribution in [0.1, 0.15) is 39.5 Å². The maximum absolute atomic E-state index is 3.58. The first-order valence-corrected chi connectivity index (χ1v) is 5.20. The normalized spacial score (nSPS) is 36.0. The third kappa shape index (κ3) is 1.38. The molecule has 2 heterocycles. The molecule has 0 aromatic carbocycles. The quantitative estimate of drug-likeness (QED) is 0.639. The van der Waals surface area contributed by atoms with Crippen LogP contribution in [0.5, 0.6) is 0 Å². The van der Waals surface area contributed by atoms with Gasteiger partial charge in [-0.3, -0.25) is 4.90 Å². The first-order valence-electron chi connectivity index (χ1n) is 5.20. The standard InChI is InChI=1S/C10H20N2/c1-10(2)6-4-8-12(10)9-5-3-7-11-9/h9,11H,3-8H2,1-2H3/t9-/m0/s1. The molecule has 0 amide bonds. The van der Waals surface area contributed by atoms with Gasteiger partial charge in [0.2, 0.25) is 0 Å². The summed E-state index contributed by atoms with van der Waals surface area (Å²) in [6, 6.07) is 0. The molecule has 12 heavy (non-hydrogen) atoms. The van der Waals surface area contributed by atoms with Crippen LogP contribution >= 0.6 is 0 Å². The molecule has 0 bridgehead atoms. The molecule has 0 spiro atoms. The fourth-order valence-electron chi connectivity index (χ4n) is 2.64. The molecule has 0 unspecified atom stereocenters. The van der Waals surface area contributed by atoms with E-state index in [4.69, 9.17) is 0 Å². The van der Waals surface area contributed by atoms with Gasteiger partial charge >= 0.3 is 0 Å². The van der Waals surface area contributed by atoms with E-state index in [1.807, 2.05) is 0 Å². The molecule has 2 aliphatic rings. The average molecular weight is 168 g/mol. The van der Waals surface area contributed by atoms with E-state index >= 15 is 0 Å². The van der Waals surface area contributed by atoms with Gasteiger partial charge in [0.05, 0.1) is 6.17 Å². The van der Waals surface area contributed by atoms with E-state index in [0.29, 0.717) is 11.7 Å². The van der Waals surface area contributed by atoms with Crippen molar-refractivity contribution in [1.82, 2.24) is 10.2 Å². The van der Waals surface area contributed by atoms with Crippen LogP contribution in [-0.4, -0.2) is 29.7 Å². The molecule has 2 rings (SSSR count). The molecule has 2 nitrogen and oxygen atoms in total. The average Bonchev–Trinajstić information content (AvgIpc) is 2.55. The predicted octanol–water partition coefficient (Wildman–Crippen LogP) is 1.57. The minimum atomic E-state index is 0.446. The highest BCUT2D eigenvalue weighted by Crippen LogP contribution is 2.31. The molecule has 0 saturated carbocycles. The smallest absolute Gasteiger partial charge is 0.0602 e. The summed E-state index contributed by atoms with van der Waals surface area (Å²) in [5, 5.41) is 3.58. The van der Waals surface area contributed by atoms with E-state index in [1.165, 1.54) is 38.8 Å². The summed E-state index contributed by atoms with van der Waals surface area (Å²) in [5.74, 6) is 0. The van der Waals surface area contributed by atoms with Gasteiger partial charge < -0.3 is 5.32 Å². The number of nitrogens with one attached hydrogen (secondary N) is 1. The molecule has 2 fully saturated rings. The first kappa shape index (κ1) is 8.52. The molecule has 70 valence electrons. The maximum atomic E-state index is 3.58. The van der Waals surface area contributed by atoms with E-state index < -0.39 is 0 Å². The van der Waals surface area contributed by atoms with E-state index in [2.05, 4.69) is 24.1 Å². The van der Waals surface area contributed by atoms with Crippen LogP contribution in [0.4, 0.5) is 0 Å². The van der Waals surface area contributed by atoms with Crippen molar-refractivity contribution >= 4 is 0 Å². The predicted molar refractivity (Wildman–Crippen MR) is 51.0 cm³/mol. The van der Waals surface area contributed by atoms with E-state index in [1.54, 1.807) is 0 Å². The summed E-state index contributed by atoms with van der Waals surface area (Å²) in [7, 11) is 0. The first-order chi connectivity index (χ1) is 5.70. The van der Waals surface area contributed by atoms with Crippen molar-refractivity contribution in [2.45, 2.75) is 51.2 Å². The Hall–Kier alpha value is -0.0800. The number of rotatable bonds is 1. The maximum Gasteiger partial charge on any atom is 0.0602 e. The summed E-state index contributed by atoms with van der Waals surface area (Å²) < 4.78 is 0. The second-order valence-electron chi connectivity index (χ2n) is 4.72. The number of nitrogens with zero attached hydrogens (tertiary/aromatic N) is 1. The van der Waals surface area contributed by atoms with Crippen molar-refractivity contribution in [3.8, 4) is 0 Å². The van der Waals surface area contributed by atoms with Crippen LogP contribution in [0, 0.1) is 0 Å². The Balaban J connectivity index is 2.02. The van der Waals surface area contributed by atoms with Crippen LogP contribution in [0.3, 0.4) is 0 Å². The Bertz CT molecular complexity index is 159. The van der Waals surface area contributed by atoms with Gasteiger partial charge in [-0.15, -0.1) is 0 Å². The molecule has 0 aromatic rings. The molecule has 2 heteroatoms. The highest BCUT2D eigenvalue weighted by Gasteiger charge is 2.37. The fraction of sp³-hybridized carbons (Fsp3) is 1.00. The summed E-state index contributed by atoms with van der Waals surface area (Å²) in [6.07, 6.45) is 6.14. The second-order valence-corrected chi connectivity index (χ2v) is 4.72. The molecule has 0 radical (unpaired) electrons. The van der Waals surface area contributed by atoms with Gasteiger partial charge in [-0.05, 0) is 46.1 Å². The number of hydrogen-bond donors (Lipinski definition) is 1. The zero-order chi connectivity index (χ0) is 8.60. The minimum Gasteiger partial charge on any atom is -0.302 e. The molecule has 0 aromatic heterocycles. The lowest BCUT2D eigenvalue weighted by Gasteiger charge is -2.36. The summed E-state index contributed by atoms with van der Waals surface area (Å²) in [6.45, 7) is 7.27. The van der Waals surface area contributed by atoms with Crippen LogP contribution in [0.25, 0.3) is 0 Å². The van der Waals surface area contributed by atoms with Gasteiger partial charge in [-0.1, -0.05) is 0 Å². The van der Waals surface area contributed by atoms with Gasteiger partial charge in [0.15, 0.2) is 0 Å². The zero-order valence-electron chi connectivity index (χ0n) is 8.27. The van der Waals surface area contributed by atoms with Crippen LogP contribution in [0.15, 0.2) is 0 Å². The minimum absolute atomic E-state index is 0.446. The van der Waals surface area contributed by atoms with Gasteiger partial charge in [0, 0.05) is 12.1 Å². The van der Waals surface area contributed by atoms with Gasteiger partial charge in [0.1, 0.15) is 0 Å². The third-order valence-corrected chi connectivity index (χ3v) is 3.38. The lowest BCUT2D eigenvalue weighted by Crippen LogP contribution is -2.49. The summed E-state index contributed by atoms with van der Waals surface area (Å²) in [4.78, 5) is 2.65. The van der Waals surface area contributed by atoms with Crippen molar-refractivity contribution in [3.05, 3.63) is 0 Å². The lowest BCUT2D eigenvalue weighted by atomic mass is 10.0. The Labute approximate surface area is 75.3 Å². The number of likely N-dealkylation sites (tertiary alicyclic amines) is 1. The van der Waals surface area contributed by atoms with E-state index in [0.717, 1.165) is 0 Å². The molecule has 0 aliphatic carbocycles. The Morgan fingerprint density at radius 3 is 2.67 bits per heavy atom. The summed E-state index contributed by atoms with van der Waals surface area (Å²) in [5.41, 5.74) is 0.446. The highest BCUT2D eigenvalue weighted by molar-refractivity contribution is 4.92. The van der Waals surface area contributed by atoms with Crippen molar-refractivity contribution in [2.24, 2.45) is 0 Å². The Kier molecular flexibility index (Phi) is 2.13. The van der Waals surface area contributed by atoms with Crippen molar-refractivity contribution in [3.63, 3.8) is 0 Å². The zero-order valence-corrected chi connectivity index (χ0v) is 8.27. The van der Waals surface area contributed by atoms with Gasteiger partial charge in [0.25, 0.3) is 0 Å². The van der Waals surface area contributed by atoms with Crippen molar-refractivity contribution < 1.29 is 0 Å². The lowest BCUT2D eigenvalue weighted by molar-refractivity contribution is 0.105. The second kappa shape index (κ2) is 3.00. The Morgan fingerprint density at radius 2 is 2.17 bits per heavy atom. The molecular formula is C10H20N2. The third-order valence-electron chi connectivity index (χ3n) is 3.38. The Morgan fingerprint density at radius 1 is 1.33 bits per heavy atom. The van der Waals surface area contributed by atoms with E-state index in [-0.39, 0.29) is 0 Å². The van der Waals surface area contributed by atoms with Gasteiger partial charge in [-0.25, -0.2) is 0 Å². The van der Waals surface area contributed by atoms with Gasteiger partial charge in [-0.2, -0.15) is 0 Å². The van der Waals surface area contributed by atoms with Crippen molar-refractivity contribution in [2.75, 3.05) is 13.1 Å². The highest BCUT2D eigenvalue weighted by atomic mass is 15.3. The van der Waals surface area contributed by atoms with Crippen molar-refractivity contribution in [1.29, 1.82) is 0 Å². The molecular weight excluding hydrogens is 148 g/mol.